The molecule has 0 radical (unpaired) electrons. The molecule has 0 heterocycles. The first-order valence-electron chi connectivity index (χ1n) is 8.24. The van der Waals surface area contributed by atoms with E-state index in [-0.39, 0.29) is 6.04 Å². The predicted octanol–water partition coefficient (Wildman–Crippen LogP) is 5.56. The van der Waals surface area contributed by atoms with E-state index in [9.17, 15) is 0 Å². The molecule has 2 nitrogen and oxygen atoms in total. The number of nitrogens with one attached hydrogen (secondary N) is 2. The number of thiocarbonyl (C=S) groups is 1. The van der Waals surface area contributed by atoms with E-state index in [0.29, 0.717) is 11.0 Å². The van der Waals surface area contributed by atoms with Gasteiger partial charge in [-0.15, -0.1) is 0 Å². The van der Waals surface area contributed by atoms with Gasteiger partial charge in [0.2, 0.25) is 0 Å². The molecular formula is C20H26N2S. The van der Waals surface area contributed by atoms with Crippen molar-refractivity contribution >= 4 is 23.0 Å². The molecule has 0 bridgehead atoms. The van der Waals surface area contributed by atoms with Gasteiger partial charge in [0.15, 0.2) is 5.11 Å². The van der Waals surface area contributed by atoms with Crippen LogP contribution in [0.15, 0.2) is 48.5 Å². The second-order valence-corrected chi connectivity index (χ2v) is 6.52. The highest BCUT2D eigenvalue weighted by molar-refractivity contribution is 7.80. The zero-order chi connectivity index (χ0) is 16.8. The van der Waals surface area contributed by atoms with E-state index in [1.54, 1.807) is 0 Å². The van der Waals surface area contributed by atoms with Crippen LogP contribution in [0.3, 0.4) is 0 Å². The lowest BCUT2D eigenvalue weighted by molar-refractivity contribution is 0.713. The Kier molecular flexibility index (Phi) is 6.17. The molecule has 0 fully saturated rings. The van der Waals surface area contributed by atoms with E-state index in [1.165, 1.54) is 16.7 Å². The number of aryl methyl sites for hydroxylation is 1. The third kappa shape index (κ3) is 4.80. The molecule has 0 spiro atoms. The third-order valence-electron chi connectivity index (χ3n) is 4.36. The Morgan fingerprint density at radius 2 is 1.61 bits per heavy atom. The average Bonchev–Trinajstić information content (AvgIpc) is 2.56. The number of para-hydroxylation sites is 1. The molecule has 0 aliphatic carbocycles. The molecule has 2 N–H and O–H groups in total. The maximum Gasteiger partial charge on any atom is 0.171 e. The van der Waals surface area contributed by atoms with Crippen molar-refractivity contribution in [3.8, 4) is 0 Å². The summed E-state index contributed by atoms with van der Waals surface area (Å²) in [7, 11) is 0. The molecule has 0 saturated carbocycles. The van der Waals surface area contributed by atoms with Crippen LogP contribution in [-0.2, 0) is 0 Å². The lowest BCUT2D eigenvalue weighted by Crippen LogP contribution is -2.31. The smallest absolute Gasteiger partial charge is 0.171 e. The van der Waals surface area contributed by atoms with Gasteiger partial charge in [0.1, 0.15) is 0 Å². The standard InChI is InChI=1S/C20H26N2S/c1-5-14(2)17-10-12-18(13-11-17)16(4)21-20(23)22-19-9-7-6-8-15(19)3/h6-14,16H,5H2,1-4H3,(H2,21,22,23). The molecule has 2 rings (SSSR count). The second-order valence-electron chi connectivity index (χ2n) is 6.11. The highest BCUT2D eigenvalue weighted by atomic mass is 32.1. The summed E-state index contributed by atoms with van der Waals surface area (Å²) in [6.07, 6.45) is 1.16. The van der Waals surface area contributed by atoms with Gasteiger partial charge in [-0.3, -0.25) is 0 Å². The van der Waals surface area contributed by atoms with Gasteiger partial charge >= 0.3 is 0 Å². The third-order valence-corrected chi connectivity index (χ3v) is 4.58. The topological polar surface area (TPSA) is 24.1 Å². The van der Waals surface area contributed by atoms with Crippen LogP contribution in [0.2, 0.25) is 0 Å². The summed E-state index contributed by atoms with van der Waals surface area (Å²) in [6.45, 7) is 8.68. The van der Waals surface area contributed by atoms with E-state index in [0.717, 1.165) is 12.1 Å². The van der Waals surface area contributed by atoms with Crippen LogP contribution in [0, 0.1) is 6.92 Å². The average molecular weight is 327 g/mol. The monoisotopic (exact) mass is 326 g/mol. The van der Waals surface area contributed by atoms with Crippen molar-refractivity contribution < 1.29 is 0 Å². The highest BCUT2D eigenvalue weighted by Gasteiger charge is 2.09. The van der Waals surface area contributed by atoms with Crippen LogP contribution >= 0.6 is 12.2 Å². The number of hydrogen-bond acceptors (Lipinski definition) is 1. The fourth-order valence-corrected chi connectivity index (χ4v) is 2.79. The first kappa shape index (κ1) is 17.5. The molecule has 0 amide bonds. The number of rotatable bonds is 5. The van der Waals surface area contributed by atoms with Gasteiger partial charge < -0.3 is 10.6 Å². The summed E-state index contributed by atoms with van der Waals surface area (Å²) >= 11 is 5.44. The maximum absolute atomic E-state index is 5.44. The first-order valence-corrected chi connectivity index (χ1v) is 8.65. The Morgan fingerprint density at radius 3 is 2.22 bits per heavy atom. The van der Waals surface area contributed by atoms with E-state index in [1.807, 2.05) is 18.2 Å². The van der Waals surface area contributed by atoms with Crippen molar-refractivity contribution in [1.82, 2.24) is 5.32 Å². The molecule has 0 aliphatic rings. The summed E-state index contributed by atoms with van der Waals surface area (Å²) in [5.74, 6) is 0.608. The lowest BCUT2D eigenvalue weighted by Gasteiger charge is -2.19. The number of hydrogen-bond donors (Lipinski definition) is 2. The fraction of sp³-hybridized carbons (Fsp3) is 0.350. The Labute approximate surface area is 145 Å². The molecule has 2 atom stereocenters. The molecule has 23 heavy (non-hydrogen) atoms. The van der Waals surface area contributed by atoms with Gasteiger partial charge in [-0.2, -0.15) is 0 Å². The Hall–Kier alpha value is -1.87. The van der Waals surface area contributed by atoms with Crippen LogP contribution < -0.4 is 10.6 Å². The van der Waals surface area contributed by atoms with Crippen LogP contribution in [0.4, 0.5) is 5.69 Å². The van der Waals surface area contributed by atoms with E-state index >= 15 is 0 Å². The van der Waals surface area contributed by atoms with Crippen LogP contribution in [0.5, 0.6) is 0 Å². The number of anilines is 1. The van der Waals surface area contributed by atoms with Crippen molar-refractivity contribution in [2.45, 2.75) is 46.1 Å². The van der Waals surface area contributed by atoms with Gasteiger partial charge in [-0.05, 0) is 61.2 Å². The molecule has 2 aromatic carbocycles. The molecular weight excluding hydrogens is 300 g/mol. The minimum Gasteiger partial charge on any atom is -0.356 e. The van der Waals surface area contributed by atoms with Crippen molar-refractivity contribution in [2.75, 3.05) is 5.32 Å². The van der Waals surface area contributed by atoms with Crippen molar-refractivity contribution in [2.24, 2.45) is 0 Å². The SMILES string of the molecule is CCC(C)c1ccc(C(C)NC(=S)Nc2ccccc2C)cc1. The quantitative estimate of drug-likeness (QED) is 0.704. The van der Waals surface area contributed by atoms with E-state index in [4.69, 9.17) is 12.2 Å². The van der Waals surface area contributed by atoms with Crippen molar-refractivity contribution in [3.63, 3.8) is 0 Å². The molecule has 2 unspecified atom stereocenters. The highest BCUT2D eigenvalue weighted by Crippen LogP contribution is 2.21. The minimum absolute atomic E-state index is 0.171. The second kappa shape index (κ2) is 8.11. The molecule has 122 valence electrons. The maximum atomic E-state index is 5.44. The zero-order valence-electron chi connectivity index (χ0n) is 14.4. The molecule has 0 saturated heterocycles. The summed E-state index contributed by atoms with van der Waals surface area (Å²) in [6, 6.07) is 17.1. The normalized spacial score (nSPS) is 13.2. The van der Waals surface area contributed by atoms with Gasteiger partial charge in [0, 0.05) is 5.69 Å². The van der Waals surface area contributed by atoms with Crippen LogP contribution in [0.25, 0.3) is 0 Å². The van der Waals surface area contributed by atoms with Crippen molar-refractivity contribution in [1.29, 1.82) is 0 Å². The number of benzene rings is 2. The van der Waals surface area contributed by atoms with Gasteiger partial charge in [-0.1, -0.05) is 56.3 Å². The molecule has 0 aliphatic heterocycles. The largest absolute Gasteiger partial charge is 0.356 e. The Balaban J connectivity index is 1.97. The summed E-state index contributed by atoms with van der Waals surface area (Å²) in [4.78, 5) is 0. The molecule has 3 heteroatoms. The van der Waals surface area contributed by atoms with Crippen LogP contribution in [0.1, 0.15) is 55.8 Å². The Bertz CT molecular complexity index is 649. The summed E-state index contributed by atoms with van der Waals surface area (Å²) < 4.78 is 0. The minimum atomic E-state index is 0.171. The van der Waals surface area contributed by atoms with Gasteiger partial charge in [0.05, 0.1) is 6.04 Å². The predicted molar refractivity (Wildman–Crippen MR) is 104 cm³/mol. The molecule has 2 aromatic rings. The Morgan fingerprint density at radius 1 is 1.00 bits per heavy atom. The van der Waals surface area contributed by atoms with Gasteiger partial charge in [0.25, 0.3) is 0 Å². The zero-order valence-corrected chi connectivity index (χ0v) is 15.2. The first-order chi connectivity index (χ1) is 11.0. The fourth-order valence-electron chi connectivity index (χ4n) is 2.50. The van der Waals surface area contributed by atoms with E-state index in [2.05, 4.69) is 68.7 Å². The summed E-state index contributed by atoms with van der Waals surface area (Å²) in [5, 5.41) is 7.28. The van der Waals surface area contributed by atoms with E-state index < -0.39 is 0 Å². The molecule has 0 aromatic heterocycles. The lowest BCUT2D eigenvalue weighted by atomic mass is 9.96. The van der Waals surface area contributed by atoms with Gasteiger partial charge in [-0.25, -0.2) is 0 Å². The van der Waals surface area contributed by atoms with Crippen LogP contribution in [-0.4, -0.2) is 5.11 Å². The van der Waals surface area contributed by atoms with Crippen molar-refractivity contribution in [3.05, 3.63) is 65.2 Å². The summed E-state index contributed by atoms with van der Waals surface area (Å²) in [5.41, 5.74) is 4.86.